The molecule has 0 spiro atoms. The highest BCUT2D eigenvalue weighted by atomic mass is 16.5. The van der Waals surface area contributed by atoms with Crippen LogP contribution in [0, 0.1) is 5.92 Å². The van der Waals surface area contributed by atoms with Gasteiger partial charge < -0.3 is 14.8 Å². The second-order valence-electron chi connectivity index (χ2n) is 6.72. The molecule has 2 aromatic carbocycles. The lowest BCUT2D eigenvalue weighted by molar-refractivity contribution is -0.149. The molecule has 0 aliphatic rings. The normalized spacial score (nSPS) is 11.7. The van der Waals surface area contributed by atoms with Crippen LogP contribution in [0.3, 0.4) is 0 Å². The van der Waals surface area contributed by atoms with Crippen molar-refractivity contribution in [3.05, 3.63) is 65.7 Å². The molecule has 0 aromatic heterocycles. The Hall–Kier alpha value is -2.82. The SMILES string of the molecule is COc1ccc(CCOC(=O)[C@@H](NC(=O)Cc2ccccc2)C(C)C)cc1. The molecule has 144 valence electrons. The van der Waals surface area contributed by atoms with Crippen molar-refractivity contribution in [3.63, 3.8) is 0 Å². The van der Waals surface area contributed by atoms with Gasteiger partial charge in [0.15, 0.2) is 0 Å². The van der Waals surface area contributed by atoms with E-state index in [0.717, 1.165) is 16.9 Å². The summed E-state index contributed by atoms with van der Waals surface area (Å²) in [7, 11) is 1.62. The summed E-state index contributed by atoms with van der Waals surface area (Å²) in [5.74, 6) is 0.141. The number of carbonyl (C=O) groups is 2. The molecule has 0 unspecified atom stereocenters. The summed E-state index contributed by atoms with van der Waals surface area (Å²) in [4.78, 5) is 24.7. The van der Waals surface area contributed by atoms with Gasteiger partial charge in [-0.1, -0.05) is 56.3 Å². The quantitative estimate of drug-likeness (QED) is 0.690. The molecular weight excluding hydrogens is 342 g/mol. The van der Waals surface area contributed by atoms with Gasteiger partial charge in [-0.3, -0.25) is 4.79 Å². The lowest BCUT2D eigenvalue weighted by Crippen LogP contribution is -2.46. The van der Waals surface area contributed by atoms with E-state index in [-0.39, 0.29) is 24.9 Å². The third-order valence-corrected chi connectivity index (χ3v) is 4.24. The van der Waals surface area contributed by atoms with Crippen LogP contribution in [0.4, 0.5) is 0 Å². The van der Waals surface area contributed by atoms with Crippen LogP contribution in [-0.2, 0) is 27.2 Å². The predicted molar refractivity (Wildman–Crippen MR) is 105 cm³/mol. The summed E-state index contributed by atoms with van der Waals surface area (Å²) >= 11 is 0. The molecule has 0 saturated carbocycles. The number of carbonyl (C=O) groups excluding carboxylic acids is 2. The summed E-state index contributed by atoms with van der Waals surface area (Å²) in [5, 5.41) is 2.80. The number of hydrogen-bond acceptors (Lipinski definition) is 4. The van der Waals surface area contributed by atoms with E-state index in [1.165, 1.54) is 0 Å². The standard InChI is InChI=1S/C22H27NO4/c1-16(2)21(23-20(24)15-18-7-5-4-6-8-18)22(25)27-14-13-17-9-11-19(26-3)12-10-17/h4-12,16,21H,13-15H2,1-3H3,(H,23,24)/t21-/m0/s1. The van der Waals surface area contributed by atoms with Crippen molar-refractivity contribution in [2.45, 2.75) is 32.7 Å². The van der Waals surface area contributed by atoms with Gasteiger partial charge in [-0.15, -0.1) is 0 Å². The molecule has 2 aromatic rings. The molecule has 27 heavy (non-hydrogen) atoms. The number of hydrogen-bond donors (Lipinski definition) is 1. The lowest BCUT2D eigenvalue weighted by atomic mass is 10.0. The maximum Gasteiger partial charge on any atom is 0.328 e. The number of amides is 1. The fourth-order valence-corrected chi connectivity index (χ4v) is 2.65. The summed E-state index contributed by atoms with van der Waals surface area (Å²) in [6.45, 7) is 4.04. The monoisotopic (exact) mass is 369 g/mol. The minimum absolute atomic E-state index is 0.0572. The number of esters is 1. The van der Waals surface area contributed by atoms with Crippen LogP contribution in [0.25, 0.3) is 0 Å². The minimum atomic E-state index is -0.655. The first kappa shape index (κ1) is 20.5. The Morgan fingerprint density at radius 1 is 0.963 bits per heavy atom. The van der Waals surface area contributed by atoms with Crippen molar-refractivity contribution in [1.82, 2.24) is 5.32 Å². The third-order valence-electron chi connectivity index (χ3n) is 4.24. The number of benzene rings is 2. The molecular formula is C22H27NO4. The molecule has 2 rings (SSSR count). The molecule has 0 aliphatic heterocycles. The van der Waals surface area contributed by atoms with Gasteiger partial charge in [-0.2, -0.15) is 0 Å². The van der Waals surface area contributed by atoms with Crippen LogP contribution < -0.4 is 10.1 Å². The number of nitrogens with one attached hydrogen (secondary N) is 1. The summed E-state index contributed by atoms with van der Waals surface area (Å²) in [5.41, 5.74) is 1.96. The highest BCUT2D eigenvalue weighted by molar-refractivity contribution is 5.85. The van der Waals surface area contributed by atoms with Gasteiger partial charge in [-0.05, 0) is 29.2 Å². The van der Waals surface area contributed by atoms with E-state index < -0.39 is 12.0 Å². The average molecular weight is 369 g/mol. The molecule has 0 saturated heterocycles. The summed E-state index contributed by atoms with van der Waals surface area (Å²) in [6, 6.07) is 16.4. The van der Waals surface area contributed by atoms with Crippen molar-refractivity contribution in [3.8, 4) is 5.75 Å². The first-order valence-corrected chi connectivity index (χ1v) is 9.12. The van der Waals surface area contributed by atoms with E-state index in [1.807, 2.05) is 68.4 Å². The second kappa shape index (κ2) is 10.4. The maximum atomic E-state index is 12.4. The third kappa shape index (κ3) is 6.77. The Morgan fingerprint density at radius 3 is 2.22 bits per heavy atom. The molecule has 0 radical (unpaired) electrons. The molecule has 0 heterocycles. The van der Waals surface area contributed by atoms with Crippen molar-refractivity contribution in [2.75, 3.05) is 13.7 Å². The van der Waals surface area contributed by atoms with Gasteiger partial charge in [0.25, 0.3) is 0 Å². The smallest absolute Gasteiger partial charge is 0.328 e. The van der Waals surface area contributed by atoms with Crippen LogP contribution >= 0.6 is 0 Å². The minimum Gasteiger partial charge on any atom is -0.497 e. The van der Waals surface area contributed by atoms with Gasteiger partial charge in [-0.25, -0.2) is 4.79 Å². The van der Waals surface area contributed by atoms with Gasteiger partial charge in [0, 0.05) is 6.42 Å². The highest BCUT2D eigenvalue weighted by Gasteiger charge is 2.25. The van der Waals surface area contributed by atoms with Crippen LogP contribution in [0.2, 0.25) is 0 Å². The zero-order valence-electron chi connectivity index (χ0n) is 16.1. The topological polar surface area (TPSA) is 64.6 Å². The van der Waals surface area contributed by atoms with Crippen LogP contribution in [0.15, 0.2) is 54.6 Å². The lowest BCUT2D eigenvalue weighted by Gasteiger charge is -2.21. The molecule has 1 atom stereocenters. The van der Waals surface area contributed by atoms with Crippen molar-refractivity contribution >= 4 is 11.9 Å². The van der Waals surface area contributed by atoms with Gasteiger partial charge in [0.2, 0.25) is 5.91 Å². The first-order chi connectivity index (χ1) is 13.0. The van der Waals surface area contributed by atoms with Gasteiger partial charge >= 0.3 is 5.97 Å². The zero-order valence-corrected chi connectivity index (χ0v) is 16.1. The fourth-order valence-electron chi connectivity index (χ4n) is 2.65. The zero-order chi connectivity index (χ0) is 19.6. The Morgan fingerprint density at radius 2 is 1.63 bits per heavy atom. The second-order valence-corrected chi connectivity index (χ2v) is 6.72. The van der Waals surface area contributed by atoms with Crippen LogP contribution in [0.5, 0.6) is 5.75 Å². The van der Waals surface area contributed by atoms with Crippen LogP contribution in [0.1, 0.15) is 25.0 Å². The Balaban J connectivity index is 1.83. The summed E-state index contributed by atoms with van der Waals surface area (Å²) in [6.07, 6.45) is 0.849. The number of ether oxygens (including phenoxy) is 2. The van der Waals surface area contributed by atoms with Crippen molar-refractivity contribution in [1.29, 1.82) is 0 Å². The molecule has 1 N–H and O–H groups in total. The Bertz CT molecular complexity index is 726. The fraction of sp³-hybridized carbons (Fsp3) is 0.364. The molecule has 5 heteroatoms. The first-order valence-electron chi connectivity index (χ1n) is 9.12. The van der Waals surface area contributed by atoms with E-state index in [9.17, 15) is 9.59 Å². The Labute approximate surface area is 160 Å². The number of methoxy groups -OCH3 is 1. The van der Waals surface area contributed by atoms with Crippen molar-refractivity contribution < 1.29 is 19.1 Å². The maximum absolute atomic E-state index is 12.4. The van der Waals surface area contributed by atoms with E-state index in [1.54, 1.807) is 7.11 Å². The molecule has 5 nitrogen and oxygen atoms in total. The molecule has 0 fully saturated rings. The highest BCUT2D eigenvalue weighted by Crippen LogP contribution is 2.12. The van der Waals surface area contributed by atoms with Crippen LogP contribution in [-0.4, -0.2) is 31.6 Å². The predicted octanol–water partition coefficient (Wildman–Crippen LogP) is 3.16. The number of rotatable bonds is 9. The largest absolute Gasteiger partial charge is 0.497 e. The summed E-state index contributed by atoms with van der Waals surface area (Å²) < 4.78 is 10.5. The van der Waals surface area contributed by atoms with E-state index in [0.29, 0.717) is 6.42 Å². The van der Waals surface area contributed by atoms with Gasteiger partial charge in [0.1, 0.15) is 11.8 Å². The molecule has 0 aliphatic carbocycles. The van der Waals surface area contributed by atoms with E-state index in [4.69, 9.17) is 9.47 Å². The van der Waals surface area contributed by atoms with Gasteiger partial charge in [0.05, 0.1) is 20.1 Å². The van der Waals surface area contributed by atoms with E-state index in [2.05, 4.69) is 5.32 Å². The molecule has 1 amide bonds. The Kier molecular flexibility index (Phi) is 7.86. The molecule has 0 bridgehead atoms. The van der Waals surface area contributed by atoms with Crippen molar-refractivity contribution in [2.24, 2.45) is 5.92 Å². The average Bonchev–Trinajstić information content (AvgIpc) is 2.67. The van der Waals surface area contributed by atoms with E-state index >= 15 is 0 Å².